The number of anilines is 1. The molecule has 0 saturated heterocycles. The smallest absolute Gasteiger partial charge is 0.378 e. The first kappa shape index (κ1) is 15.8. The lowest BCUT2D eigenvalue weighted by Crippen LogP contribution is -2.20. The number of halogens is 3. The van der Waals surface area contributed by atoms with Crippen LogP contribution in [-0.2, 0) is 0 Å². The molecule has 2 aromatic rings. The molecule has 0 aliphatic carbocycles. The molecule has 0 aliphatic rings. The third-order valence-corrected chi connectivity index (χ3v) is 3.81. The SMILES string of the molecule is CSc1ccc(NC(CC(F)(F)F)c2ccccc2)cc1. The molecule has 0 radical (unpaired) electrons. The summed E-state index contributed by atoms with van der Waals surface area (Å²) in [4.78, 5) is 1.08. The Bertz CT molecular complexity index is 552. The molecule has 1 atom stereocenters. The third-order valence-electron chi connectivity index (χ3n) is 3.07. The maximum atomic E-state index is 12.8. The summed E-state index contributed by atoms with van der Waals surface area (Å²) in [5.41, 5.74) is 1.31. The summed E-state index contributed by atoms with van der Waals surface area (Å²) in [5.74, 6) is 0. The topological polar surface area (TPSA) is 12.0 Å². The van der Waals surface area contributed by atoms with Crippen molar-refractivity contribution < 1.29 is 13.2 Å². The van der Waals surface area contributed by atoms with Gasteiger partial charge >= 0.3 is 6.18 Å². The fourth-order valence-electron chi connectivity index (χ4n) is 2.06. The maximum Gasteiger partial charge on any atom is 0.391 e. The van der Waals surface area contributed by atoms with E-state index in [1.165, 1.54) is 0 Å². The van der Waals surface area contributed by atoms with Crippen LogP contribution in [0.2, 0.25) is 0 Å². The Labute approximate surface area is 126 Å². The van der Waals surface area contributed by atoms with Crippen molar-refractivity contribution in [1.82, 2.24) is 0 Å². The van der Waals surface area contributed by atoms with E-state index in [1.807, 2.05) is 18.4 Å². The van der Waals surface area contributed by atoms with Crippen molar-refractivity contribution in [2.75, 3.05) is 11.6 Å². The summed E-state index contributed by atoms with van der Waals surface area (Å²) in [7, 11) is 0. The van der Waals surface area contributed by atoms with Crippen molar-refractivity contribution in [2.45, 2.75) is 23.5 Å². The van der Waals surface area contributed by atoms with E-state index in [2.05, 4.69) is 5.32 Å². The molecule has 2 rings (SSSR count). The van der Waals surface area contributed by atoms with Crippen molar-refractivity contribution >= 4 is 17.4 Å². The van der Waals surface area contributed by atoms with E-state index in [4.69, 9.17) is 0 Å². The van der Waals surface area contributed by atoms with Crippen molar-refractivity contribution in [3.05, 3.63) is 60.2 Å². The average molecular weight is 311 g/mol. The van der Waals surface area contributed by atoms with Gasteiger partial charge < -0.3 is 5.32 Å². The number of thioether (sulfide) groups is 1. The second kappa shape index (κ2) is 6.89. The summed E-state index contributed by atoms with van der Waals surface area (Å²) < 4.78 is 38.3. The quantitative estimate of drug-likeness (QED) is 0.730. The van der Waals surface area contributed by atoms with Gasteiger partial charge in [0.15, 0.2) is 0 Å². The zero-order chi connectivity index (χ0) is 15.3. The van der Waals surface area contributed by atoms with Crippen molar-refractivity contribution in [3.63, 3.8) is 0 Å². The molecule has 1 nitrogen and oxygen atoms in total. The number of hydrogen-bond acceptors (Lipinski definition) is 2. The molecule has 1 N–H and O–H groups in total. The minimum atomic E-state index is -4.22. The van der Waals surface area contributed by atoms with Gasteiger partial charge in [-0.05, 0) is 36.1 Å². The maximum absolute atomic E-state index is 12.8. The second-order valence-electron chi connectivity index (χ2n) is 4.66. The van der Waals surface area contributed by atoms with Crippen LogP contribution in [0.1, 0.15) is 18.0 Å². The zero-order valence-corrected chi connectivity index (χ0v) is 12.3. The Kier molecular flexibility index (Phi) is 5.17. The van der Waals surface area contributed by atoms with Gasteiger partial charge in [0.05, 0.1) is 12.5 Å². The minimum absolute atomic E-state index is 0.628. The molecule has 2 aromatic carbocycles. The van der Waals surface area contributed by atoms with E-state index in [9.17, 15) is 13.2 Å². The van der Waals surface area contributed by atoms with Gasteiger partial charge in [-0.25, -0.2) is 0 Å². The standard InChI is InChI=1S/C16H16F3NS/c1-21-14-9-7-13(8-10-14)20-15(11-16(17,18)19)12-5-3-2-4-6-12/h2-10,15,20H,11H2,1H3. The van der Waals surface area contributed by atoms with Gasteiger partial charge in [0.2, 0.25) is 0 Å². The van der Waals surface area contributed by atoms with Gasteiger partial charge in [-0.3, -0.25) is 0 Å². The molecule has 21 heavy (non-hydrogen) atoms. The number of hydrogen-bond donors (Lipinski definition) is 1. The molecule has 0 bridgehead atoms. The van der Waals surface area contributed by atoms with E-state index in [0.29, 0.717) is 11.3 Å². The van der Waals surface area contributed by atoms with Gasteiger partial charge in [0.1, 0.15) is 0 Å². The van der Waals surface area contributed by atoms with Crippen LogP contribution < -0.4 is 5.32 Å². The van der Waals surface area contributed by atoms with Gasteiger partial charge in [-0.15, -0.1) is 11.8 Å². The Hall–Kier alpha value is -1.62. The summed E-state index contributed by atoms with van der Waals surface area (Å²) >= 11 is 1.60. The van der Waals surface area contributed by atoms with Crippen LogP contribution in [0.5, 0.6) is 0 Å². The molecular formula is C16H16F3NS. The predicted octanol–water partition coefficient (Wildman–Crippen LogP) is 5.51. The van der Waals surface area contributed by atoms with E-state index >= 15 is 0 Å². The van der Waals surface area contributed by atoms with Crippen LogP contribution >= 0.6 is 11.8 Å². The summed E-state index contributed by atoms with van der Waals surface area (Å²) in [6, 6.07) is 15.3. The monoisotopic (exact) mass is 311 g/mol. The fraction of sp³-hybridized carbons (Fsp3) is 0.250. The molecule has 0 aromatic heterocycles. The zero-order valence-electron chi connectivity index (χ0n) is 11.5. The van der Waals surface area contributed by atoms with E-state index < -0.39 is 18.6 Å². The largest absolute Gasteiger partial charge is 0.391 e. The van der Waals surface area contributed by atoms with Crippen LogP contribution in [0, 0.1) is 0 Å². The lowest BCUT2D eigenvalue weighted by atomic mass is 10.0. The first-order valence-electron chi connectivity index (χ1n) is 6.50. The molecule has 5 heteroatoms. The molecule has 0 fully saturated rings. The Morgan fingerprint density at radius 2 is 1.62 bits per heavy atom. The Balaban J connectivity index is 2.19. The highest BCUT2D eigenvalue weighted by Crippen LogP contribution is 2.32. The highest BCUT2D eigenvalue weighted by atomic mass is 32.2. The molecule has 0 saturated carbocycles. The van der Waals surface area contributed by atoms with Crippen LogP contribution in [0.15, 0.2) is 59.5 Å². The molecular weight excluding hydrogens is 295 g/mol. The molecule has 0 heterocycles. The number of alkyl halides is 3. The van der Waals surface area contributed by atoms with Crippen LogP contribution in [0.25, 0.3) is 0 Å². The first-order valence-corrected chi connectivity index (χ1v) is 7.73. The minimum Gasteiger partial charge on any atom is -0.378 e. The normalized spacial score (nSPS) is 13.0. The molecule has 0 spiro atoms. The van der Waals surface area contributed by atoms with E-state index in [0.717, 1.165) is 4.90 Å². The third kappa shape index (κ3) is 5.01. The summed E-state index contributed by atoms with van der Waals surface area (Å²) in [6.07, 6.45) is -3.16. The van der Waals surface area contributed by atoms with E-state index in [1.54, 1.807) is 54.2 Å². The molecule has 1 unspecified atom stereocenters. The molecule has 0 aliphatic heterocycles. The first-order chi connectivity index (χ1) is 9.98. The lowest BCUT2D eigenvalue weighted by molar-refractivity contribution is -0.137. The van der Waals surface area contributed by atoms with Crippen molar-refractivity contribution in [3.8, 4) is 0 Å². The predicted molar refractivity (Wildman–Crippen MR) is 81.7 cm³/mol. The number of nitrogens with one attached hydrogen (secondary N) is 1. The number of benzene rings is 2. The van der Waals surface area contributed by atoms with Gasteiger partial charge in [-0.1, -0.05) is 30.3 Å². The summed E-state index contributed by atoms with van der Waals surface area (Å²) in [6.45, 7) is 0. The van der Waals surface area contributed by atoms with Gasteiger partial charge in [0.25, 0.3) is 0 Å². The van der Waals surface area contributed by atoms with Crippen molar-refractivity contribution in [1.29, 1.82) is 0 Å². The highest BCUT2D eigenvalue weighted by Gasteiger charge is 2.32. The number of rotatable bonds is 5. The Morgan fingerprint density at radius 3 is 2.14 bits per heavy atom. The van der Waals surface area contributed by atoms with Gasteiger partial charge in [0, 0.05) is 10.6 Å². The Morgan fingerprint density at radius 1 is 1.00 bits per heavy atom. The van der Waals surface area contributed by atoms with Gasteiger partial charge in [-0.2, -0.15) is 13.2 Å². The average Bonchev–Trinajstić information content (AvgIpc) is 2.47. The van der Waals surface area contributed by atoms with Crippen LogP contribution in [-0.4, -0.2) is 12.4 Å². The second-order valence-corrected chi connectivity index (χ2v) is 5.54. The van der Waals surface area contributed by atoms with Crippen molar-refractivity contribution in [2.24, 2.45) is 0 Å². The highest BCUT2D eigenvalue weighted by molar-refractivity contribution is 7.98. The van der Waals surface area contributed by atoms with E-state index in [-0.39, 0.29) is 0 Å². The van der Waals surface area contributed by atoms with Crippen LogP contribution in [0.3, 0.4) is 0 Å². The fourth-order valence-corrected chi connectivity index (χ4v) is 2.47. The lowest BCUT2D eigenvalue weighted by Gasteiger charge is -2.22. The summed E-state index contributed by atoms with van der Waals surface area (Å²) in [5, 5.41) is 2.97. The van der Waals surface area contributed by atoms with Crippen LogP contribution in [0.4, 0.5) is 18.9 Å². The molecule has 0 amide bonds. The molecule has 112 valence electrons.